The van der Waals surface area contributed by atoms with E-state index in [9.17, 15) is 15.2 Å². The molecular formula is C19H18N4O5S. The molecule has 3 aromatic rings. The number of thiophene rings is 1. The first kappa shape index (κ1) is 20.4. The summed E-state index contributed by atoms with van der Waals surface area (Å²) in [4.78, 5) is 29.5. The number of carbonyl (C=O) groups is 1. The summed E-state index contributed by atoms with van der Waals surface area (Å²) in [5.41, 5.74) is 3.50. The molecule has 1 atom stereocenters. The number of aromatic nitrogens is 2. The van der Waals surface area contributed by atoms with Gasteiger partial charge in [0.25, 0.3) is 11.7 Å². The number of aryl methyl sites for hydroxylation is 1. The van der Waals surface area contributed by atoms with Crippen molar-refractivity contribution in [2.45, 2.75) is 27.0 Å². The Morgan fingerprint density at radius 3 is 2.59 bits per heavy atom. The van der Waals surface area contributed by atoms with Crippen molar-refractivity contribution >= 4 is 28.7 Å². The van der Waals surface area contributed by atoms with Crippen LogP contribution < -0.4 is 0 Å². The Kier molecular flexibility index (Phi) is 5.57. The lowest BCUT2D eigenvalue weighted by atomic mass is 10.0. The van der Waals surface area contributed by atoms with Crippen molar-refractivity contribution in [2.24, 2.45) is 4.99 Å². The van der Waals surface area contributed by atoms with E-state index in [4.69, 9.17) is 9.90 Å². The van der Waals surface area contributed by atoms with Gasteiger partial charge in [-0.3, -0.25) is 19.5 Å². The van der Waals surface area contributed by atoms with E-state index in [-0.39, 0.29) is 5.69 Å². The standard InChI is InChI=1S/C17H14N4O3S.C2H4O2/c1-9-10(2)20-13-6-5-11(21(23)24)8-12(13)15(14-4-3-7-25-14)19-17(22)16(20)18-9;1-2(3)4/h3-8,17,22H,1-2H3;1H3,(H,3,4). The molecule has 0 bridgehead atoms. The van der Waals surface area contributed by atoms with E-state index < -0.39 is 17.1 Å². The summed E-state index contributed by atoms with van der Waals surface area (Å²) in [5.74, 6) is -0.420. The molecule has 0 saturated heterocycles. The minimum absolute atomic E-state index is 0.0181. The summed E-state index contributed by atoms with van der Waals surface area (Å²) in [5, 5.41) is 31.2. The molecule has 1 unspecified atom stereocenters. The zero-order chi connectivity index (χ0) is 21.3. The number of carboxylic acids is 1. The third-order valence-corrected chi connectivity index (χ3v) is 5.17. The summed E-state index contributed by atoms with van der Waals surface area (Å²) in [6.45, 7) is 4.85. The number of benzene rings is 1. The molecule has 0 spiro atoms. The molecule has 3 heterocycles. The molecule has 0 radical (unpaired) electrons. The van der Waals surface area contributed by atoms with Crippen LogP contribution in [0.4, 0.5) is 5.69 Å². The van der Waals surface area contributed by atoms with Crippen molar-refractivity contribution in [1.29, 1.82) is 0 Å². The fourth-order valence-electron chi connectivity index (χ4n) is 3.00. The van der Waals surface area contributed by atoms with Gasteiger partial charge in [-0.1, -0.05) is 6.07 Å². The van der Waals surface area contributed by atoms with Crippen molar-refractivity contribution < 1.29 is 19.9 Å². The monoisotopic (exact) mass is 414 g/mol. The maximum atomic E-state index is 11.2. The van der Waals surface area contributed by atoms with Crippen LogP contribution in [0.5, 0.6) is 0 Å². The van der Waals surface area contributed by atoms with Gasteiger partial charge in [-0.2, -0.15) is 0 Å². The summed E-state index contributed by atoms with van der Waals surface area (Å²) in [7, 11) is 0. The number of hydrogen-bond donors (Lipinski definition) is 2. The SMILES string of the molecule is CC(=O)O.Cc1nc2n(c1C)-c1ccc([N+](=O)[O-])cc1C(c1cccs1)=NC2O. The molecule has 1 aliphatic heterocycles. The number of aliphatic hydroxyl groups is 1. The van der Waals surface area contributed by atoms with Gasteiger partial charge in [0.1, 0.15) is 0 Å². The molecule has 4 rings (SSSR count). The molecule has 0 saturated carbocycles. The summed E-state index contributed by atoms with van der Waals surface area (Å²) in [6.07, 6.45) is -1.14. The number of imidazole rings is 1. The Labute approximate surface area is 169 Å². The van der Waals surface area contributed by atoms with E-state index in [1.54, 1.807) is 6.07 Å². The van der Waals surface area contributed by atoms with E-state index in [1.807, 2.05) is 35.9 Å². The quantitative estimate of drug-likeness (QED) is 0.488. The molecule has 2 aromatic heterocycles. The number of non-ortho nitro benzene ring substituents is 1. The highest BCUT2D eigenvalue weighted by molar-refractivity contribution is 7.12. The fraction of sp³-hybridized carbons (Fsp3) is 0.211. The first-order valence-electron chi connectivity index (χ1n) is 8.55. The Morgan fingerprint density at radius 2 is 2.00 bits per heavy atom. The van der Waals surface area contributed by atoms with Crippen LogP contribution in [0.3, 0.4) is 0 Å². The highest BCUT2D eigenvalue weighted by atomic mass is 32.1. The number of aliphatic hydroxyl groups excluding tert-OH is 1. The molecule has 9 nitrogen and oxygen atoms in total. The van der Waals surface area contributed by atoms with Gasteiger partial charge in [0.05, 0.1) is 26.9 Å². The van der Waals surface area contributed by atoms with Crippen molar-refractivity contribution in [3.8, 4) is 5.69 Å². The molecule has 0 amide bonds. The van der Waals surface area contributed by atoms with E-state index in [0.717, 1.165) is 28.9 Å². The first-order valence-corrected chi connectivity index (χ1v) is 9.43. The molecule has 1 aromatic carbocycles. The molecule has 2 N–H and O–H groups in total. The first-order chi connectivity index (χ1) is 13.7. The third kappa shape index (κ3) is 3.93. The van der Waals surface area contributed by atoms with E-state index >= 15 is 0 Å². The molecule has 0 fully saturated rings. The number of rotatable bonds is 2. The molecule has 29 heavy (non-hydrogen) atoms. The van der Waals surface area contributed by atoms with Crippen LogP contribution in [0.25, 0.3) is 5.69 Å². The van der Waals surface area contributed by atoms with Crippen LogP contribution in [0, 0.1) is 24.0 Å². The third-order valence-electron chi connectivity index (χ3n) is 4.29. The second-order valence-electron chi connectivity index (χ2n) is 6.28. The fourth-order valence-corrected chi connectivity index (χ4v) is 3.73. The second kappa shape index (κ2) is 7.94. The van der Waals surface area contributed by atoms with Gasteiger partial charge < -0.3 is 10.2 Å². The van der Waals surface area contributed by atoms with Crippen molar-refractivity contribution in [2.75, 3.05) is 0 Å². The lowest BCUT2D eigenvalue weighted by molar-refractivity contribution is -0.384. The van der Waals surface area contributed by atoms with Crippen LogP contribution in [0.1, 0.15) is 40.8 Å². The van der Waals surface area contributed by atoms with Gasteiger partial charge in [0.2, 0.25) is 6.23 Å². The number of nitrogens with zero attached hydrogens (tertiary/aromatic N) is 4. The Balaban J connectivity index is 0.000000552. The molecule has 150 valence electrons. The number of carboxylic acid groups (broad SMARTS) is 1. The minimum Gasteiger partial charge on any atom is -0.481 e. The van der Waals surface area contributed by atoms with Gasteiger partial charge in [-0.05, 0) is 31.4 Å². The smallest absolute Gasteiger partial charge is 0.300 e. The van der Waals surface area contributed by atoms with Gasteiger partial charge in [-0.15, -0.1) is 11.3 Å². The Morgan fingerprint density at radius 1 is 1.31 bits per heavy atom. The van der Waals surface area contributed by atoms with Gasteiger partial charge in [0.15, 0.2) is 5.82 Å². The topological polar surface area (TPSA) is 131 Å². The molecule has 1 aliphatic rings. The lowest BCUT2D eigenvalue weighted by Gasteiger charge is -2.12. The van der Waals surface area contributed by atoms with Gasteiger partial charge in [0, 0.05) is 30.3 Å². The Hall–Kier alpha value is -3.37. The van der Waals surface area contributed by atoms with Crippen molar-refractivity contribution in [3.05, 3.63) is 73.5 Å². The van der Waals surface area contributed by atoms with Crippen LogP contribution >= 0.6 is 11.3 Å². The van der Waals surface area contributed by atoms with Crippen LogP contribution in [-0.2, 0) is 4.79 Å². The van der Waals surface area contributed by atoms with E-state index in [1.165, 1.54) is 23.5 Å². The number of aliphatic carboxylic acids is 1. The highest BCUT2D eigenvalue weighted by Gasteiger charge is 2.28. The van der Waals surface area contributed by atoms with Crippen molar-refractivity contribution in [3.63, 3.8) is 0 Å². The molecular weight excluding hydrogens is 396 g/mol. The second-order valence-corrected chi connectivity index (χ2v) is 7.23. The lowest BCUT2D eigenvalue weighted by Crippen LogP contribution is -2.08. The zero-order valence-electron chi connectivity index (χ0n) is 15.9. The summed E-state index contributed by atoms with van der Waals surface area (Å²) < 4.78 is 1.82. The number of nitro groups is 1. The predicted octanol–water partition coefficient (Wildman–Crippen LogP) is 3.39. The highest BCUT2D eigenvalue weighted by Crippen LogP contribution is 2.34. The van der Waals surface area contributed by atoms with E-state index in [2.05, 4.69) is 9.98 Å². The summed E-state index contributed by atoms with van der Waals surface area (Å²) in [6, 6.07) is 8.41. The molecule has 10 heteroatoms. The van der Waals surface area contributed by atoms with Gasteiger partial charge in [-0.25, -0.2) is 9.98 Å². The van der Waals surface area contributed by atoms with Crippen LogP contribution in [0.2, 0.25) is 0 Å². The van der Waals surface area contributed by atoms with Gasteiger partial charge >= 0.3 is 0 Å². The number of aliphatic imine (C=N–C) groups is 1. The van der Waals surface area contributed by atoms with Crippen LogP contribution in [0.15, 0.2) is 40.7 Å². The largest absolute Gasteiger partial charge is 0.481 e. The minimum atomic E-state index is -1.14. The molecule has 0 aliphatic carbocycles. The maximum Gasteiger partial charge on any atom is 0.300 e. The number of nitro benzene ring substituents is 1. The maximum absolute atomic E-state index is 11.2. The van der Waals surface area contributed by atoms with Crippen LogP contribution in [-0.4, -0.2) is 36.4 Å². The zero-order valence-corrected chi connectivity index (χ0v) is 16.7. The normalized spacial score (nSPS) is 14.6. The predicted molar refractivity (Wildman–Crippen MR) is 108 cm³/mol. The van der Waals surface area contributed by atoms with E-state index in [0.29, 0.717) is 17.1 Å². The number of fused-ring (bicyclic) bond motifs is 3. The number of hydrogen-bond acceptors (Lipinski definition) is 7. The Bertz CT molecular complexity index is 1110. The average Bonchev–Trinajstić information content (AvgIpc) is 3.25. The van der Waals surface area contributed by atoms with Crippen molar-refractivity contribution in [1.82, 2.24) is 9.55 Å². The average molecular weight is 414 g/mol. The summed E-state index contributed by atoms with van der Waals surface area (Å²) >= 11 is 1.47.